The lowest BCUT2D eigenvalue weighted by Gasteiger charge is -2.12. The van der Waals surface area contributed by atoms with Crippen LogP contribution in [0, 0.1) is 4.77 Å². The molecule has 118 valence electrons. The van der Waals surface area contributed by atoms with Gasteiger partial charge in [-0.3, -0.25) is 4.57 Å². The van der Waals surface area contributed by atoms with Crippen LogP contribution in [0.5, 0.6) is 5.75 Å². The Morgan fingerprint density at radius 1 is 1.32 bits per heavy atom. The van der Waals surface area contributed by atoms with Crippen molar-refractivity contribution in [2.45, 2.75) is 6.18 Å². The lowest BCUT2D eigenvalue weighted by Crippen LogP contribution is -2.14. The first-order chi connectivity index (χ1) is 10.2. The Balaban J connectivity index is 2.75. The Kier molecular flexibility index (Phi) is 4.55. The zero-order valence-electron chi connectivity index (χ0n) is 11.0. The van der Waals surface area contributed by atoms with E-state index in [1.807, 2.05) is 0 Å². The first kappa shape index (κ1) is 16.9. The number of benzene rings is 1. The molecule has 1 aromatic carbocycles. The molecule has 0 saturated carbocycles. The van der Waals surface area contributed by atoms with Gasteiger partial charge in [0.25, 0.3) is 0 Å². The van der Waals surface area contributed by atoms with Gasteiger partial charge in [-0.05, 0) is 18.3 Å². The molecule has 0 aliphatic carbocycles. The normalized spacial score (nSPS) is 11.5. The Morgan fingerprint density at radius 3 is 2.50 bits per heavy atom. The van der Waals surface area contributed by atoms with Crippen molar-refractivity contribution in [3.63, 3.8) is 0 Å². The highest BCUT2D eigenvalue weighted by atomic mass is 35.5. The summed E-state index contributed by atoms with van der Waals surface area (Å²) < 4.78 is 45.8. The molecule has 0 unspecified atom stereocenters. The van der Waals surface area contributed by atoms with Crippen LogP contribution in [-0.4, -0.2) is 14.3 Å². The third-order valence-corrected chi connectivity index (χ3v) is 3.68. The fraction of sp³-hybridized carbons (Fsp3) is 0.167. The zero-order valence-corrected chi connectivity index (χ0v) is 13.3. The Morgan fingerprint density at radius 2 is 1.95 bits per heavy atom. The van der Waals surface area contributed by atoms with Gasteiger partial charge in [-0.2, -0.15) is 13.2 Å². The van der Waals surface area contributed by atoms with Crippen molar-refractivity contribution in [2.24, 2.45) is 7.05 Å². The van der Waals surface area contributed by atoms with E-state index in [1.54, 1.807) is 0 Å². The summed E-state index contributed by atoms with van der Waals surface area (Å²) in [6, 6.07) is 2.49. The average Bonchev–Trinajstić information content (AvgIpc) is 2.70. The molecule has 1 heterocycles. The molecule has 0 saturated heterocycles. The van der Waals surface area contributed by atoms with E-state index in [0.29, 0.717) is 4.57 Å². The average molecular weight is 370 g/mol. The van der Waals surface area contributed by atoms with Gasteiger partial charge in [0.1, 0.15) is 5.75 Å². The molecular weight excluding hydrogens is 362 g/mol. The smallest absolute Gasteiger partial charge is 0.452 e. The molecule has 1 aromatic heterocycles. The van der Waals surface area contributed by atoms with E-state index in [1.165, 1.54) is 19.2 Å². The second kappa shape index (κ2) is 5.94. The first-order valence-electron chi connectivity index (χ1n) is 5.67. The quantitative estimate of drug-likeness (QED) is 0.575. The maximum Gasteiger partial charge on any atom is 0.452 e. The van der Waals surface area contributed by atoms with Crippen LogP contribution in [0.1, 0.15) is 5.82 Å². The molecule has 0 aliphatic rings. The zero-order chi connectivity index (χ0) is 16.7. The van der Waals surface area contributed by atoms with E-state index in [9.17, 15) is 13.2 Å². The fourth-order valence-electron chi connectivity index (χ4n) is 1.74. The van der Waals surface area contributed by atoms with Gasteiger partial charge in [0.05, 0.1) is 22.0 Å². The molecule has 0 fully saturated rings. The number of ether oxygens (including phenoxy) is 1. The first-order valence-corrected chi connectivity index (χ1v) is 6.83. The second-order valence-electron chi connectivity index (χ2n) is 4.08. The molecule has 0 spiro atoms. The van der Waals surface area contributed by atoms with E-state index >= 15 is 0 Å². The van der Waals surface area contributed by atoms with Gasteiger partial charge < -0.3 is 4.74 Å². The van der Waals surface area contributed by atoms with Crippen LogP contribution in [0.15, 0.2) is 25.0 Å². The summed E-state index contributed by atoms with van der Waals surface area (Å²) in [4.78, 5) is 0. The van der Waals surface area contributed by atoms with E-state index < -0.39 is 12.0 Å². The van der Waals surface area contributed by atoms with Gasteiger partial charge in [-0.1, -0.05) is 29.8 Å². The van der Waals surface area contributed by atoms with Crippen molar-refractivity contribution in [1.29, 1.82) is 0 Å². The standard InChI is InChI=1S/C12H8Cl2F3N3OS/c1-3-21-9-5-6(13)8(4-7(9)14)20-10(12(15,16)17)18-19(2)11(20)22/h3-5H,1H2,2H3. The largest absolute Gasteiger partial charge is 0.464 e. The second-order valence-corrected chi connectivity index (χ2v) is 5.26. The summed E-state index contributed by atoms with van der Waals surface area (Å²) >= 11 is 17.0. The topological polar surface area (TPSA) is 32.0 Å². The number of alkyl halides is 3. The van der Waals surface area contributed by atoms with E-state index in [0.717, 1.165) is 10.9 Å². The van der Waals surface area contributed by atoms with Gasteiger partial charge in [-0.15, -0.1) is 5.10 Å². The van der Waals surface area contributed by atoms with Gasteiger partial charge in [0.2, 0.25) is 10.6 Å². The predicted octanol–water partition coefficient (Wildman–Crippen LogP) is 4.79. The number of aromatic nitrogens is 3. The number of halogens is 5. The van der Waals surface area contributed by atoms with Crippen LogP contribution in [-0.2, 0) is 13.2 Å². The third kappa shape index (κ3) is 2.99. The van der Waals surface area contributed by atoms with E-state index in [2.05, 4.69) is 11.7 Å². The van der Waals surface area contributed by atoms with Gasteiger partial charge in [-0.25, -0.2) is 4.68 Å². The van der Waals surface area contributed by atoms with E-state index in [4.69, 9.17) is 40.2 Å². The van der Waals surface area contributed by atoms with Crippen LogP contribution in [0.4, 0.5) is 13.2 Å². The van der Waals surface area contributed by atoms with Crippen LogP contribution in [0.2, 0.25) is 10.0 Å². The molecule has 0 amide bonds. The van der Waals surface area contributed by atoms with E-state index in [-0.39, 0.29) is 26.3 Å². The molecule has 0 aliphatic heterocycles. The SMILES string of the molecule is C=COc1cc(Cl)c(-n2c(C(F)(F)F)nn(C)c2=S)cc1Cl. The van der Waals surface area contributed by atoms with Crippen molar-refractivity contribution in [1.82, 2.24) is 14.3 Å². The molecule has 0 N–H and O–H groups in total. The fourth-order valence-corrected chi connectivity index (χ4v) is 2.40. The summed E-state index contributed by atoms with van der Waals surface area (Å²) in [7, 11) is 1.30. The summed E-state index contributed by atoms with van der Waals surface area (Å²) in [5.74, 6) is -1.04. The van der Waals surface area contributed by atoms with Crippen molar-refractivity contribution in [3.05, 3.63) is 45.6 Å². The number of aryl methyl sites for hydroxylation is 1. The van der Waals surface area contributed by atoms with Crippen molar-refractivity contribution in [3.8, 4) is 11.4 Å². The monoisotopic (exact) mass is 369 g/mol. The molecule has 0 atom stereocenters. The maximum atomic E-state index is 13.1. The summed E-state index contributed by atoms with van der Waals surface area (Å²) in [5.41, 5.74) is -0.0477. The maximum absolute atomic E-state index is 13.1. The molecular formula is C12H8Cl2F3N3OS. The highest BCUT2D eigenvalue weighted by Gasteiger charge is 2.39. The molecule has 4 nitrogen and oxygen atoms in total. The molecule has 2 aromatic rings. The highest BCUT2D eigenvalue weighted by Crippen LogP contribution is 2.37. The Hall–Kier alpha value is -1.51. The number of rotatable bonds is 3. The van der Waals surface area contributed by atoms with Gasteiger partial charge in [0.15, 0.2) is 0 Å². The minimum absolute atomic E-state index is 0.0316. The molecule has 10 heteroatoms. The van der Waals surface area contributed by atoms with Crippen LogP contribution < -0.4 is 4.74 Å². The molecule has 0 bridgehead atoms. The molecule has 2 rings (SSSR count). The van der Waals surface area contributed by atoms with Crippen LogP contribution in [0.3, 0.4) is 0 Å². The van der Waals surface area contributed by atoms with Crippen molar-refractivity contribution < 1.29 is 17.9 Å². The van der Waals surface area contributed by atoms with Crippen molar-refractivity contribution in [2.75, 3.05) is 0 Å². The van der Waals surface area contributed by atoms with Crippen LogP contribution in [0.25, 0.3) is 5.69 Å². The number of nitrogens with zero attached hydrogens (tertiary/aromatic N) is 3. The minimum Gasteiger partial charge on any atom is -0.464 e. The predicted molar refractivity (Wildman–Crippen MR) is 79.2 cm³/mol. The van der Waals surface area contributed by atoms with Gasteiger partial charge >= 0.3 is 6.18 Å². The molecule has 22 heavy (non-hydrogen) atoms. The number of hydrogen-bond donors (Lipinski definition) is 0. The van der Waals surface area contributed by atoms with Crippen molar-refractivity contribution >= 4 is 35.4 Å². The Labute approximate surface area is 138 Å². The lowest BCUT2D eigenvalue weighted by molar-refractivity contribution is -0.146. The molecule has 0 radical (unpaired) electrons. The summed E-state index contributed by atoms with van der Waals surface area (Å²) in [6.45, 7) is 3.36. The summed E-state index contributed by atoms with van der Waals surface area (Å²) in [6.07, 6.45) is -3.59. The minimum atomic E-state index is -4.71. The summed E-state index contributed by atoms with van der Waals surface area (Å²) in [5, 5.41) is 3.41. The van der Waals surface area contributed by atoms with Crippen LogP contribution >= 0.6 is 35.4 Å². The van der Waals surface area contributed by atoms with Gasteiger partial charge in [0, 0.05) is 13.1 Å². The lowest BCUT2D eigenvalue weighted by atomic mass is 10.3. The third-order valence-electron chi connectivity index (χ3n) is 2.63. The highest BCUT2D eigenvalue weighted by molar-refractivity contribution is 7.71. The Bertz CT molecular complexity index is 798. The number of hydrogen-bond acceptors (Lipinski definition) is 3.